The molecule has 1 aliphatic rings. The van der Waals surface area contributed by atoms with Gasteiger partial charge in [-0.15, -0.1) is 0 Å². The van der Waals surface area contributed by atoms with Gasteiger partial charge in [0.25, 0.3) is 0 Å². The summed E-state index contributed by atoms with van der Waals surface area (Å²) in [5.41, 5.74) is -0.0304. The number of carboxylic acid groups (broad SMARTS) is 1. The Hall–Kier alpha value is -3.57. The lowest BCUT2D eigenvalue weighted by molar-refractivity contribution is 0.201. The van der Waals surface area contributed by atoms with Crippen LogP contribution in [0.1, 0.15) is 31.2 Å². The Morgan fingerprint density at radius 2 is 1.84 bits per heavy atom. The fraction of sp³-hybridized carbons (Fsp3) is 0.346. The number of hydrogen-bond acceptors (Lipinski definition) is 6. The highest BCUT2D eigenvalue weighted by molar-refractivity contribution is 6.31. The van der Waals surface area contributed by atoms with Crippen LogP contribution in [0.5, 0.6) is 5.75 Å². The van der Waals surface area contributed by atoms with Crippen LogP contribution < -0.4 is 15.0 Å². The predicted octanol–water partition coefficient (Wildman–Crippen LogP) is 6.23. The van der Waals surface area contributed by atoms with Gasteiger partial charge in [0.15, 0.2) is 11.6 Å². The molecule has 3 aromatic rings. The van der Waals surface area contributed by atoms with E-state index in [0.717, 1.165) is 38.2 Å². The fourth-order valence-corrected chi connectivity index (χ4v) is 4.37. The van der Waals surface area contributed by atoms with Crippen molar-refractivity contribution in [1.29, 1.82) is 0 Å². The number of anilines is 3. The quantitative estimate of drug-likeness (QED) is 0.229. The molecule has 1 amide bonds. The van der Waals surface area contributed by atoms with Gasteiger partial charge >= 0.3 is 6.09 Å². The summed E-state index contributed by atoms with van der Waals surface area (Å²) in [6, 6.07) is 7.28. The maximum Gasteiger partial charge on any atom is 0.413 e. The number of piperidine rings is 1. The standard InChI is InChI=1S/C26H27ClF3N5O3/c27-24-18(19(28)6-7-20(24)29)16-35(26(36)37)23-9-10-31-25(33-23)32-17-5-8-22(21(30)15-17)38-14-4-13-34-11-2-1-3-12-34/h5-10,15H,1-4,11-14,16H2,(H,36,37)(H,31,32,33). The molecule has 2 aromatic carbocycles. The number of benzene rings is 2. The molecule has 2 heterocycles. The molecule has 1 fully saturated rings. The lowest BCUT2D eigenvalue weighted by Crippen LogP contribution is -2.31. The van der Waals surface area contributed by atoms with Crippen LogP contribution in [0.15, 0.2) is 42.6 Å². The molecule has 1 aromatic heterocycles. The minimum absolute atomic E-state index is 0.0332. The summed E-state index contributed by atoms with van der Waals surface area (Å²) in [6.45, 7) is 2.91. The van der Waals surface area contributed by atoms with E-state index in [4.69, 9.17) is 16.3 Å². The first-order valence-electron chi connectivity index (χ1n) is 12.2. The fourth-order valence-electron chi connectivity index (χ4n) is 4.16. The van der Waals surface area contributed by atoms with Gasteiger partial charge in [0.2, 0.25) is 5.95 Å². The SMILES string of the molecule is O=C(O)N(Cc1c(F)ccc(F)c1Cl)c1ccnc(Nc2ccc(OCCCN3CCCCC3)c(F)c2)n1. The maximum atomic E-state index is 14.6. The molecule has 202 valence electrons. The van der Waals surface area contributed by atoms with E-state index in [9.17, 15) is 23.1 Å². The number of ether oxygens (including phenoxy) is 1. The average Bonchev–Trinajstić information content (AvgIpc) is 2.90. The Morgan fingerprint density at radius 1 is 1.08 bits per heavy atom. The summed E-state index contributed by atoms with van der Waals surface area (Å²) < 4.78 is 48.2. The van der Waals surface area contributed by atoms with Crippen LogP contribution in [0.4, 0.5) is 35.4 Å². The minimum atomic E-state index is -1.47. The lowest BCUT2D eigenvalue weighted by Gasteiger charge is -2.26. The molecule has 0 spiro atoms. The molecule has 38 heavy (non-hydrogen) atoms. The van der Waals surface area contributed by atoms with Crippen molar-refractivity contribution in [3.8, 4) is 5.75 Å². The number of carbonyl (C=O) groups is 1. The van der Waals surface area contributed by atoms with Crippen LogP contribution in [0.25, 0.3) is 0 Å². The Balaban J connectivity index is 1.40. The number of hydrogen-bond donors (Lipinski definition) is 2. The Morgan fingerprint density at radius 3 is 2.58 bits per heavy atom. The van der Waals surface area contributed by atoms with Crippen LogP contribution >= 0.6 is 11.6 Å². The molecule has 0 unspecified atom stereocenters. The largest absolute Gasteiger partial charge is 0.490 e. The van der Waals surface area contributed by atoms with Gasteiger partial charge in [-0.05, 0) is 62.7 Å². The third-order valence-electron chi connectivity index (χ3n) is 6.12. The summed E-state index contributed by atoms with van der Waals surface area (Å²) in [6.07, 6.45) is 4.30. The third kappa shape index (κ3) is 7.05. The van der Waals surface area contributed by atoms with Crippen molar-refractivity contribution < 1.29 is 27.8 Å². The van der Waals surface area contributed by atoms with Crippen LogP contribution in [-0.4, -0.2) is 52.3 Å². The molecular weight excluding hydrogens is 523 g/mol. The van der Waals surface area contributed by atoms with Crippen LogP contribution in [0, 0.1) is 17.5 Å². The van der Waals surface area contributed by atoms with Gasteiger partial charge in [0, 0.05) is 30.1 Å². The van der Waals surface area contributed by atoms with E-state index in [2.05, 4.69) is 20.2 Å². The van der Waals surface area contributed by atoms with Gasteiger partial charge < -0.3 is 20.1 Å². The highest BCUT2D eigenvalue weighted by Gasteiger charge is 2.22. The monoisotopic (exact) mass is 549 g/mol. The number of nitrogens with zero attached hydrogens (tertiary/aromatic N) is 4. The van der Waals surface area contributed by atoms with Gasteiger partial charge in [0.05, 0.1) is 18.2 Å². The molecule has 1 aliphatic heterocycles. The number of rotatable bonds is 10. The highest BCUT2D eigenvalue weighted by atomic mass is 35.5. The number of likely N-dealkylation sites (tertiary alicyclic amines) is 1. The van der Waals surface area contributed by atoms with Crippen molar-refractivity contribution in [2.45, 2.75) is 32.2 Å². The number of halogens is 4. The Kier molecular flexibility index (Phi) is 9.24. The van der Waals surface area contributed by atoms with Crippen molar-refractivity contribution in [2.24, 2.45) is 0 Å². The van der Waals surface area contributed by atoms with Crippen LogP contribution in [0.2, 0.25) is 5.02 Å². The zero-order chi connectivity index (χ0) is 27.1. The van der Waals surface area contributed by atoms with Crippen molar-refractivity contribution in [3.05, 3.63) is 70.6 Å². The summed E-state index contributed by atoms with van der Waals surface area (Å²) in [5.74, 6) is -2.35. The van der Waals surface area contributed by atoms with E-state index in [0.29, 0.717) is 17.2 Å². The van der Waals surface area contributed by atoms with Gasteiger partial charge in [-0.1, -0.05) is 18.0 Å². The summed E-state index contributed by atoms with van der Waals surface area (Å²) in [4.78, 5) is 23.1. The normalized spacial score (nSPS) is 13.8. The Bertz CT molecular complexity index is 1280. The van der Waals surface area contributed by atoms with Gasteiger partial charge in [-0.25, -0.2) is 22.9 Å². The first kappa shape index (κ1) is 27.5. The van der Waals surface area contributed by atoms with Gasteiger partial charge in [0.1, 0.15) is 17.5 Å². The first-order valence-corrected chi connectivity index (χ1v) is 12.6. The van der Waals surface area contributed by atoms with E-state index < -0.39 is 35.1 Å². The molecule has 12 heteroatoms. The first-order chi connectivity index (χ1) is 18.3. The summed E-state index contributed by atoms with van der Waals surface area (Å²) in [7, 11) is 0. The van der Waals surface area contributed by atoms with E-state index in [1.165, 1.54) is 43.7 Å². The predicted molar refractivity (Wildman–Crippen MR) is 138 cm³/mol. The second kappa shape index (κ2) is 12.8. The average molecular weight is 550 g/mol. The molecule has 8 nitrogen and oxygen atoms in total. The molecule has 2 N–H and O–H groups in total. The number of amides is 1. The van der Waals surface area contributed by atoms with E-state index >= 15 is 0 Å². The maximum absolute atomic E-state index is 14.6. The minimum Gasteiger partial charge on any atom is -0.490 e. The summed E-state index contributed by atoms with van der Waals surface area (Å²) in [5, 5.41) is 12.0. The molecular formula is C26H27ClF3N5O3. The van der Waals surface area contributed by atoms with Crippen molar-refractivity contribution in [3.63, 3.8) is 0 Å². The molecule has 0 aliphatic carbocycles. The second-order valence-corrected chi connectivity index (χ2v) is 9.18. The van der Waals surface area contributed by atoms with E-state index in [1.807, 2.05) is 0 Å². The smallest absolute Gasteiger partial charge is 0.413 e. The molecule has 0 atom stereocenters. The van der Waals surface area contributed by atoms with Crippen molar-refractivity contribution in [1.82, 2.24) is 14.9 Å². The molecule has 0 radical (unpaired) electrons. The van der Waals surface area contributed by atoms with Crippen molar-refractivity contribution in [2.75, 3.05) is 36.5 Å². The molecule has 0 saturated carbocycles. The highest BCUT2D eigenvalue weighted by Crippen LogP contribution is 2.27. The van der Waals surface area contributed by atoms with E-state index in [-0.39, 0.29) is 23.1 Å². The molecule has 1 saturated heterocycles. The third-order valence-corrected chi connectivity index (χ3v) is 6.53. The van der Waals surface area contributed by atoms with Gasteiger partial charge in [-0.2, -0.15) is 4.98 Å². The lowest BCUT2D eigenvalue weighted by atomic mass is 10.1. The second-order valence-electron chi connectivity index (χ2n) is 8.80. The van der Waals surface area contributed by atoms with Crippen molar-refractivity contribution >= 4 is 35.1 Å². The zero-order valence-corrected chi connectivity index (χ0v) is 21.2. The van der Waals surface area contributed by atoms with E-state index in [1.54, 1.807) is 6.07 Å². The Labute approximate surface area is 223 Å². The molecule has 0 bridgehead atoms. The van der Waals surface area contributed by atoms with Gasteiger partial charge in [-0.3, -0.25) is 4.90 Å². The zero-order valence-electron chi connectivity index (χ0n) is 20.5. The van der Waals surface area contributed by atoms with Crippen LogP contribution in [-0.2, 0) is 6.54 Å². The number of nitrogens with one attached hydrogen (secondary N) is 1. The van der Waals surface area contributed by atoms with Crippen LogP contribution in [0.3, 0.4) is 0 Å². The topological polar surface area (TPSA) is 90.8 Å². The number of aromatic nitrogens is 2. The molecule has 4 rings (SSSR count). The summed E-state index contributed by atoms with van der Waals surface area (Å²) >= 11 is 5.85.